The van der Waals surface area contributed by atoms with Gasteiger partial charge < -0.3 is 0 Å². The quantitative estimate of drug-likeness (QED) is 0.875. The monoisotopic (exact) mass is 292 g/mol. The number of benzene rings is 1. The molecule has 1 aromatic carbocycles. The highest BCUT2D eigenvalue weighted by Gasteiger charge is 2.45. The Labute approximate surface area is 120 Å². The summed E-state index contributed by atoms with van der Waals surface area (Å²) >= 11 is 0. The molecule has 0 spiro atoms. The Hall–Kier alpha value is -1.38. The third-order valence-electron chi connectivity index (χ3n) is 4.25. The molecule has 1 aliphatic rings. The first-order chi connectivity index (χ1) is 9.39. The van der Waals surface area contributed by atoms with Crippen molar-refractivity contribution in [2.45, 2.75) is 38.0 Å². The van der Waals surface area contributed by atoms with E-state index in [0.717, 1.165) is 18.4 Å². The molecule has 1 aromatic rings. The van der Waals surface area contributed by atoms with Crippen molar-refractivity contribution in [3.8, 4) is 6.07 Å². The minimum Gasteiger partial charge on any atom is -0.211 e. The van der Waals surface area contributed by atoms with Crippen LogP contribution in [0.3, 0.4) is 0 Å². The number of hydrogen-bond donors (Lipinski definition) is 1. The molecule has 0 aromatic heterocycles. The van der Waals surface area contributed by atoms with Crippen LogP contribution in [0.1, 0.15) is 32.3 Å². The SMILES string of the molecule is CC(C)C1(CNS(=O)(=O)c2ccc(CC#N)cc2)CC1. The van der Waals surface area contributed by atoms with Gasteiger partial charge in [0.25, 0.3) is 0 Å². The average molecular weight is 292 g/mol. The lowest BCUT2D eigenvalue weighted by Gasteiger charge is -2.20. The van der Waals surface area contributed by atoms with Crippen LogP contribution in [0.2, 0.25) is 0 Å². The first-order valence-electron chi connectivity index (χ1n) is 6.85. The molecule has 0 radical (unpaired) electrons. The molecule has 1 aliphatic carbocycles. The highest BCUT2D eigenvalue weighted by molar-refractivity contribution is 7.89. The minimum absolute atomic E-state index is 0.147. The summed E-state index contributed by atoms with van der Waals surface area (Å²) in [6.45, 7) is 4.78. The third-order valence-corrected chi connectivity index (χ3v) is 5.67. The number of rotatable bonds is 6. The maximum Gasteiger partial charge on any atom is 0.240 e. The van der Waals surface area contributed by atoms with E-state index in [1.54, 1.807) is 24.3 Å². The second kappa shape index (κ2) is 5.55. The molecule has 2 rings (SSSR count). The molecule has 0 saturated heterocycles. The van der Waals surface area contributed by atoms with Gasteiger partial charge in [-0.15, -0.1) is 0 Å². The summed E-state index contributed by atoms with van der Waals surface area (Å²) in [5, 5.41) is 8.60. The predicted molar refractivity (Wildman–Crippen MR) is 77.5 cm³/mol. The predicted octanol–water partition coefficient (Wildman–Crippen LogP) is 2.47. The van der Waals surface area contributed by atoms with Gasteiger partial charge in [-0.1, -0.05) is 26.0 Å². The molecule has 0 aliphatic heterocycles. The summed E-state index contributed by atoms with van der Waals surface area (Å²) in [5.41, 5.74) is 0.973. The molecule has 20 heavy (non-hydrogen) atoms. The van der Waals surface area contributed by atoms with E-state index < -0.39 is 10.0 Å². The molecule has 1 fully saturated rings. The zero-order valence-corrected chi connectivity index (χ0v) is 12.7. The number of sulfonamides is 1. The highest BCUT2D eigenvalue weighted by Crippen LogP contribution is 2.51. The molecular weight excluding hydrogens is 272 g/mol. The molecule has 5 heteroatoms. The molecule has 0 atom stereocenters. The maximum atomic E-state index is 12.2. The van der Waals surface area contributed by atoms with Crippen molar-refractivity contribution >= 4 is 10.0 Å². The van der Waals surface area contributed by atoms with E-state index in [0.29, 0.717) is 18.9 Å². The molecular formula is C15H20N2O2S. The third kappa shape index (κ3) is 3.20. The van der Waals surface area contributed by atoms with Crippen molar-refractivity contribution in [2.75, 3.05) is 6.54 Å². The van der Waals surface area contributed by atoms with Crippen LogP contribution in [0.15, 0.2) is 29.2 Å². The first-order valence-corrected chi connectivity index (χ1v) is 8.33. The topological polar surface area (TPSA) is 70.0 Å². The number of nitrogens with one attached hydrogen (secondary N) is 1. The van der Waals surface area contributed by atoms with Crippen molar-refractivity contribution < 1.29 is 8.42 Å². The van der Waals surface area contributed by atoms with Crippen LogP contribution in [-0.2, 0) is 16.4 Å². The van der Waals surface area contributed by atoms with E-state index in [1.165, 1.54) is 0 Å². The van der Waals surface area contributed by atoms with E-state index in [2.05, 4.69) is 18.6 Å². The van der Waals surface area contributed by atoms with Gasteiger partial charge in [0.05, 0.1) is 17.4 Å². The van der Waals surface area contributed by atoms with E-state index >= 15 is 0 Å². The van der Waals surface area contributed by atoms with Gasteiger partial charge in [-0.3, -0.25) is 0 Å². The number of nitriles is 1. The van der Waals surface area contributed by atoms with Crippen molar-refractivity contribution in [3.63, 3.8) is 0 Å². The molecule has 0 unspecified atom stereocenters. The standard InChI is InChI=1S/C15H20N2O2S/c1-12(2)15(8-9-15)11-17-20(18,19)14-5-3-13(4-6-14)7-10-16/h3-6,12,17H,7-9,11H2,1-2H3. The van der Waals surface area contributed by atoms with Gasteiger partial charge in [0.2, 0.25) is 10.0 Å². The lowest BCUT2D eigenvalue weighted by Crippen LogP contribution is -2.32. The molecule has 0 bridgehead atoms. The molecule has 4 nitrogen and oxygen atoms in total. The Bertz CT molecular complexity index is 608. The summed E-state index contributed by atoms with van der Waals surface area (Å²) < 4.78 is 27.2. The van der Waals surface area contributed by atoms with Gasteiger partial charge in [0, 0.05) is 6.54 Å². The summed E-state index contributed by atoms with van der Waals surface area (Å²) in [6.07, 6.45) is 2.48. The van der Waals surface area contributed by atoms with E-state index in [4.69, 9.17) is 5.26 Å². The van der Waals surface area contributed by atoms with Crippen molar-refractivity contribution in [3.05, 3.63) is 29.8 Å². The Balaban J connectivity index is 2.05. The summed E-state index contributed by atoms with van der Waals surface area (Å²) in [4.78, 5) is 0.263. The van der Waals surface area contributed by atoms with Crippen LogP contribution >= 0.6 is 0 Å². The molecule has 0 heterocycles. The zero-order chi connectivity index (χ0) is 14.8. The Morgan fingerprint density at radius 1 is 1.30 bits per heavy atom. The van der Waals surface area contributed by atoms with Crippen molar-refractivity contribution in [2.24, 2.45) is 11.3 Å². The first kappa shape index (κ1) is 15.0. The summed E-state index contributed by atoms with van der Waals surface area (Å²) in [6, 6.07) is 8.54. The van der Waals surface area contributed by atoms with E-state index in [9.17, 15) is 8.42 Å². The van der Waals surface area contributed by atoms with E-state index in [1.807, 2.05) is 6.07 Å². The normalized spacial score (nSPS) is 16.9. The molecule has 108 valence electrons. The fraction of sp³-hybridized carbons (Fsp3) is 0.533. The lowest BCUT2D eigenvalue weighted by atomic mass is 9.93. The van der Waals surface area contributed by atoms with Crippen molar-refractivity contribution in [1.29, 1.82) is 5.26 Å². The number of hydrogen-bond acceptors (Lipinski definition) is 3. The molecule has 1 N–H and O–H groups in total. The Morgan fingerprint density at radius 3 is 2.35 bits per heavy atom. The summed E-state index contributed by atoms with van der Waals surface area (Å²) in [7, 11) is -3.45. The second-order valence-electron chi connectivity index (χ2n) is 5.82. The van der Waals surface area contributed by atoms with Gasteiger partial charge in [0.15, 0.2) is 0 Å². The van der Waals surface area contributed by atoms with Gasteiger partial charge in [-0.05, 0) is 41.9 Å². The van der Waals surface area contributed by atoms with Gasteiger partial charge >= 0.3 is 0 Å². The maximum absolute atomic E-state index is 12.2. The van der Waals surface area contributed by atoms with Crippen LogP contribution in [0.4, 0.5) is 0 Å². The lowest BCUT2D eigenvalue weighted by molar-refractivity contribution is 0.357. The van der Waals surface area contributed by atoms with Crippen molar-refractivity contribution in [1.82, 2.24) is 4.72 Å². The fourth-order valence-corrected chi connectivity index (χ4v) is 3.46. The van der Waals surface area contributed by atoms with Crippen LogP contribution in [0.25, 0.3) is 0 Å². The second-order valence-corrected chi connectivity index (χ2v) is 7.59. The van der Waals surface area contributed by atoms with Crippen LogP contribution in [0, 0.1) is 22.7 Å². The van der Waals surface area contributed by atoms with Crippen LogP contribution in [-0.4, -0.2) is 15.0 Å². The van der Waals surface area contributed by atoms with Gasteiger partial charge in [-0.25, -0.2) is 13.1 Å². The fourth-order valence-electron chi connectivity index (χ4n) is 2.32. The Kier molecular flexibility index (Phi) is 4.17. The van der Waals surface area contributed by atoms with Crippen LogP contribution in [0.5, 0.6) is 0 Å². The average Bonchev–Trinajstić information content (AvgIpc) is 3.19. The molecule has 1 saturated carbocycles. The van der Waals surface area contributed by atoms with Crippen LogP contribution < -0.4 is 4.72 Å². The zero-order valence-electron chi connectivity index (χ0n) is 11.9. The van der Waals surface area contributed by atoms with E-state index in [-0.39, 0.29) is 10.3 Å². The minimum atomic E-state index is -3.45. The highest BCUT2D eigenvalue weighted by atomic mass is 32.2. The Morgan fingerprint density at radius 2 is 1.90 bits per heavy atom. The smallest absolute Gasteiger partial charge is 0.211 e. The number of nitrogens with zero attached hydrogens (tertiary/aromatic N) is 1. The summed E-state index contributed by atoms with van der Waals surface area (Å²) in [5.74, 6) is 0.489. The molecule has 0 amide bonds. The van der Waals surface area contributed by atoms with Gasteiger partial charge in [0.1, 0.15) is 0 Å². The van der Waals surface area contributed by atoms with Gasteiger partial charge in [-0.2, -0.15) is 5.26 Å². The largest absolute Gasteiger partial charge is 0.240 e.